The molecule has 0 saturated carbocycles. The minimum Gasteiger partial charge on any atom is -0.458 e. The molecule has 0 aliphatic heterocycles. The zero-order valence-electron chi connectivity index (χ0n) is 23.3. The Bertz CT molecular complexity index is 2220. The highest BCUT2D eigenvalue weighted by atomic mass is 19.1. The van der Waals surface area contributed by atoms with Gasteiger partial charge in [0.2, 0.25) is 5.43 Å². The first-order valence-electron chi connectivity index (χ1n) is 13.2. The Labute approximate surface area is 242 Å². The third kappa shape index (κ3) is 4.48. The van der Waals surface area contributed by atoms with E-state index in [0.29, 0.717) is 16.7 Å². The number of anilines is 1. The van der Waals surface area contributed by atoms with E-state index in [1.54, 1.807) is 17.7 Å². The van der Waals surface area contributed by atoms with Crippen LogP contribution in [-0.2, 0) is 0 Å². The molecule has 4 aromatic heterocycles. The largest absolute Gasteiger partial charge is 0.458 e. The fourth-order valence-electron chi connectivity index (χ4n) is 5.30. The van der Waals surface area contributed by atoms with Crippen LogP contribution in [0.4, 0.5) is 14.6 Å². The summed E-state index contributed by atoms with van der Waals surface area (Å²) < 4.78 is 37.0. The van der Waals surface area contributed by atoms with Gasteiger partial charge < -0.3 is 15.3 Å². The summed E-state index contributed by atoms with van der Waals surface area (Å²) in [5.41, 5.74) is 9.36. The normalized spacial score (nSPS) is 12.0. The van der Waals surface area contributed by atoms with E-state index in [4.69, 9.17) is 20.4 Å². The average Bonchev–Trinajstić information content (AvgIpc) is 3.59. The van der Waals surface area contributed by atoms with Crippen molar-refractivity contribution in [3.8, 4) is 22.4 Å². The molecule has 0 aliphatic rings. The van der Waals surface area contributed by atoms with Crippen LogP contribution < -0.4 is 11.2 Å². The minimum atomic E-state index is -0.754. The van der Waals surface area contributed by atoms with E-state index in [-0.39, 0.29) is 33.7 Å². The average molecular weight is 582 g/mol. The summed E-state index contributed by atoms with van der Waals surface area (Å²) >= 11 is 0. The molecule has 43 heavy (non-hydrogen) atoms. The van der Waals surface area contributed by atoms with Gasteiger partial charge in [-0.2, -0.15) is 10.2 Å². The Kier molecular flexibility index (Phi) is 6.90. The SMILES string of the molecule is CO.Cc1[nH]nc2cc(-c3nn(C(C)c4oc5cccc(F)c5c(=O)c4-c4cccc(F)c4)c4ncnc(N)c34)ccc12. The number of aromatic nitrogens is 6. The second kappa shape index (κ2) is 10.7. The molecular formula is C31H25F2N7O3. The molecule has 1 unspecified atom stereocenters. The van der Waals surface area contributed by atoms with Crippen LogP contribution in [0.1, 0.15) is 24.4 Å². The number of fused-ring (bicyclic) bond motifs is 3. The molecule has 0 spiro atoms. The van der Waals surface area contributed by atoms with Gasteiger partial charge in [-0.25, -0.2) is 23.4 Å². The molecule has 0 amide bonds. The van der Waals surface area contributed by atoms with Crippen LogP contribution in [0.25, 0.3) is 55.3 Å². The molecule has 4 N–H and O–H groups in total. The molecule has 10 nitrogen and oxygen atoms in total. The van der Waals surface area contributed by atoms with Gasteiger partial charge in [0.05, 0.1) is 16.5 Å². The summed E-state index contributed by atoms with van der Waals surface area (Å²) in [5.74, 6) is -0.908. The first-order valence-corrected chi connectivity index (χ1v) is 13.2. The first-order chi connectivity index (χ1) is 20.8. The first kappa shape index (κ1) is 27.7. The van der Waals surface area contributed by atoms with Crippen LogP contribution in [-0.4, -0.2) is 42.2 Å². The minimum absolute atomic E-state index is 0.0234. The lowest BCUT2D eigenvalue weighted by Crippen LogP contribution is -2.17. The van der Waals surface area contributed by atoms with Gasteiger partial charge in [0.1, 0.15) is 52.2 Å². The summed E-state index contributed by atoms with van der Waals surface area (Å²) in [5, 5.41) is 20.5. The van der Waals surface area contributed by atoms with E-state index < -0.39 is 23.1 Å². The second-order valence-corrected chi connectivity index (χ2v) is 9.80. The van der Waals surface area contributed by atoms with E-state index in [2.05, 4.69) is 20.2 Å². The number of halogens is 2. The van der Waals surface area contributed by atoms with Crippen molar-refractivity contribution < 1.29 is 18.3 Å². The van der Waals surface area contributed by atoms with Gasteiger partial charge in [-0.05, 0) is 49.7 Å². The smallest absolute Gasteiger partial charge is 0.203 e. The number of hydrogen-bond donors (Lipinski definition) is 3. The van der Waals surface area contributed by atoms with Gasteiger partial charge in [-0.15, -0.1) is 0 Å². The highest BCUT2D eigenvalue weighted by Crippen LogP contribution is 2.37. The van der Waals surface area contributed by atoms with Crippen LogP contribution in [0.5, 0.6) is 0 Å². The van der Waals surface area contributed by atoms with Crippen molar-refractivity contribution in [1.29, 1.82) is 0 Å². The summed E-state index contributed by atoms with van der Waals surface area (Å²) in [6.07, 6.45) is 1.33. The number of rotatable bonds is 4. The zero-order valence-corrected chi connectivity index (χ0v) is 23.3. The molecule has 12 heteroatoms. The van der Waals surface area contributed by atoms with Gasteiger partial charge >= 0.3 is 0 Å². The Balaban J connectivity index is 0.00000161. The van der Waals surface area contributed by atoms with Gasteiger partial charge in [-0.1, -0.05) is 30.3 Å². The number of aryl methyl sites for hydroxylation is 1. The van der Waals surface area contributed by atoms with Gasteiger partial charge in [0, 0.05) is 23.8 Å². The lowest BCUT2D eigenvalue weighted by Gasteiger charge is -2.17. The standard InChI is InChI=1S/C30H21F2N7O2.CH4O/c1-14-19-10-9-17(12-21(19)37-36-14)26-25-29(33)34-13-35-30(25)39(38-26)15(2)28-23(16-5-3-6-18(31)11-16)27(40)24-20(32)7-4-8-22(24)41-28;1-2/h3-13,15H,1-2H3,(H,36,37)(H2,33,34,35);2H,1H3. The molecule has 7 rings (SSSR count). The third-order valence-corrected chi connectivity index (χ3v) is 7.29. The van der Waals surface area contributed by atoms with Crippen molar-refractivity contribution in [3.63, 3.8) is 0 Å². The number of nitrogen functional groups attached to an aromatic ring is 1. The number of nitrogens with one attached hydrogen (secondary N) is 1. The van der Waals surface area contributed by atoms with Gasteiger partial charge in [0.15, 0.2) is 5.65 Å². The third-order valence-electron chi connectivity index (χ3n) is 7.29. The summed E-state index contributed by atoms with van der Waals surface area (Å²) in [4.78, 5) is 22.4. The molecular weight excluding hydrogens is 556 g/mol. The molecule has 0 fully saturated rings. The number of benzene rings is 3. The Morgan fingerprint density at radius 1 is 1.00 bits per heavy atom. The number of nitrogens with zero attached hydrogens (tertiary/aromatic N) is 5. The van der Waals surface area contributed by atoms with Crippen molar-refractivity contribution in [2.45, 2.75) is 19.9 Å². The molecule has 1 atom stereocenters. The Morgan fingerprint density at radius 2 is 1.79 bits per heavy atom. The lowest BCUT2D eigenvalue weighted by molar-refractivity contribution is 0.399. The van der Waals surface area contributed by atoms with Crippen molar-refractivity contribution in [3.05, 3.63) is 100 Å². The lowest BCUT2D eigenvalue weighted by atomic mass is 9.99. The maximum atomic E-state index is 14.8. The van der Waals surface area contributed by atoms with Gasteiger partial charge in [-0.3, -0.25) is 9.89 Å². The number of aliphatic hydroxyl groups is 1. The Hall–Kier alpha value is -5.49. The maximum Gasteiger partial charge on any atom is 0.203 e. The van der Waals surface area contributed by atoms with Crippen molar-refractivity contribution in [2.75, 3.05) is 12.8 Å². The molecule has 3 aromatic carbocycles. The van der Waals surface area contributed by atoms with Crippen molar-refractivity contribution in [2.24, 2.45) is 0 Å². The number of hydrogen-bond acceptors (Lipinski definition) is 8. The summed E-state index contributed by atoms with van der Waals surface area (Å²) in [7, 11) is 1.00. The maximum absolute atomic E-state index is 14.8. The molecule has 0 bridgehead atoms. The predicted molar refractivity (Wildman–Crippen MR) is 159 cm³/mol. The van der Waals surface area contributed by atoms with E-state index >= 15 is 0 Å². The number of nitrogens with two attached hydrogens (primary N) is 1. The number of aromatic amines is 1. The van der Waals surface area contributed by atoms with E-state index in [1.807, 2.05) is 25.1 Å². The van der Waals surface area contributed by atoms with E-state index in [1.165, 1.54) is 42.7 Å². The summed E-state index contributed by atoms with van der Waals surface area (Å²) in [6.45, 7) is 3.70. The predicted octanol–water partition coefficient (Wildman–Crippen LogP) is 5.53. The molecule has 0 radical (unpaired) electrons. The highest BCUT2D eigenvalue weighted by Gasteiger charge is 2.28. The fraction of sp³-hybridized carbons (Fsp3) is 0.129. The van der Waals surface area contributed by atoms with E-state index in [0.717, 1.165) is 29.3 Å². The van der Waals surface area contributed by atoms with Gasteiger partial charge in [0.25, 0.3) is 0 Å². The molecule has 0 saturated heterocycles. The fourth-order valence-corrected chi connectivity index (χ4v) is 5.30. The number of H-pyrrole nitrogens is 1. The quantitative estimate of drug-likeness (QED) is 0.246. The van der Waals surface area contributed by atoms with Crippen LogP contribution >= 0.6 is 0 Å². The number of aliphatic hydroxyl groups excluding tert-OH is 1. The zero-order chi connectivity index (χ0) is 30.4. The Morgan fingerprint density at radius 3 is 2.58 bits per heavy atom. The van der Waals surface area contributed by atoms with Crippen molar-refractivity contribution in [1.82, 2.24) is 29.9 Å². The monoisotopic (exact) mass is 581 g/mol. The van der Waals surface area contributed by atoms with E-state index in [9.17, 15) is 13.6 Å². The van der Waals surface area contributed by atoms with Crippen LogP contribution in [0, 0.1) is 18.6 Å². The van der Waals surface area contributed by atoms with Crippen LogP contribution in [0.2, 0.25) is 0 Å². The van der Waals surface area contributed by atoms with Crippen LogP contribution in [0.3, 0.4) is 0 Å². The summed E-state index contributed by atoms with van der Waals surface area (Å²) in [6, 6.07) is 14.7. The molecule has 216 valence electrons. The van der Waals surface area contributed by atoms with Crippen molar-refractivity contribution >= 4 is 38.7 Å². The molecule has 4 heterocycles. The van der Waals surface area contributed by atoms with Crippen LogP contribution in [0.15, 0.2) is 76.2 Å². The topological polar surface area (TPSA) is 149 Å². The second-order valence-electron chi connectivity index (χ2n) is 9.80. The highest BCUT2D eigenvalue weighted by molar-refractivity contribution is 6.00. The molecule has 7 aromatic rings. The molecule has 0 aliphatic carbocycles.